The molecule has 0 heterocycles. The van der Waals surface area contributed by atoms with Crippen LogP contribution < -0.4 is 0 Å². The van der Waals surface area contributed by atoms with E-state index in [0.29, 0.717) is 11.1 Å². The first kappa shape index (κ1) is 13.5. The highest BCUT2D eigenvalue weighted by molar-refractivity contribution is 9.10. The second-order valence-electron chi connectivity index (χ2n) is 3.94. The van der Waals surface area contributed by atoms with E-state index in [-0.39, 0.29) is 6.61 Å². The van der Waals surface area contributed by atoms with Gasteiger partial charge < -0.3 is 4.74 Å². The molecule has 0 saturated heterocycles. The normalized spacial score (nSPS) is 9.95. The Labute approximate surface area is 119 Å². The van der Waals surface area contributed by atoms with Gasteiger partial charge in [-0.05, 0) is 29.8 Å². The Balaban J connectivity index is 1.96. The standard InChI is InChI=1S/C15H11BrO3/c16-14-7-3-12(4-8-14)10-19-15(18)13-5-1-11(9-17)2-6-13/h1-9H,10H2. The lowest BCUT2D eigenvalue weighted by Gasteiger charge is -2.05. The fourth-order valence-corrected chi connectivity index (χ4v) is 1.77. The van der Waals surface area contributed by atoms with Crippen molar-refractivity contribution in [3.05, 3.63) is 69.7 Å². The van der Waals surface area contributed by atoms with Crippen LogP contribution in [0.2, 0.25) is 0 Å². The molecule has 0 saturated carbocycles. The first-order valence-corrected chi connectivity index (χ1v) is 6.45. The van der Waals surface area contributed by atoms with E-state index in [1.54, 1.807) is 24.3 Å². The second kappa shape index (κ2) is 6.29. The van der Waals surface area contributed by atoms with Crippen LogP contribution in [0.25, 0.3) is 0 Å². The van der Waals surface area contributed by atoms with Gasteiger partial charge in [-0.1, -0.05) is 40.2 Å². The monoisotopic (exact) mass is 318 g/mol. The van der Waals surface area contributed by atoms with Crippen LogP contribution in [0.1, 0.15) is 26.3 Å². The van der Waals surface area contributed by atoms with Gasteiger partial charge in [0.15, 0.2) is 0 Å². The number of rotatable bonds is 4. The van der Waals surface area contributed by atoms with Crippen molar-refractivity contribution in [2.45, 2.75) is 6.61 Å². The zero-order valence-corrected chi connectivity index (χ0v) is 11.6. The first-order chi connectivity index (χ1) is 9.19. The van der Waals surface area contributed by atoms with E-state index in [9.17, 15) is 9.59 Å². The molecule has 0 atom stereocenters. The maximum Gasteiger partial charge on any atom is 0.338 e. The molecule has 0 amide bonds. The van der Waals surface area contributed by atoms with Crippen LogP contribution in [-0.4, -0.2) is 12.3 Å². The van der Waals surface area contributed by atoms with E-state index < -0.39 is 5.97 Å². The molecule has 0 unspecified atom stereocenters. The van der Waals surface area contributed by atoms with E-state index in [1.807, 2.05) is 24.3 Å². The van der Waals surface area contributed by atoms with Crippen molar-refractivity contribution in [2.75, 3.05) is 0 Å². The summed E-state index contributed by atoms with van der Waals surface area (Å²) in [6.45, 7) is 0.224. The Morgan fingerprint density at radius 1 is 1.05 bits per heavy atom. The largest absolute Gasteiger partial charge is 0.457 e. The zero-order chi connectivity index (χ0) is 13.7. The third-order valence-corrected chi connectivity index (χ3v) is 3.09. The Morgan fingerprint density at radius 2 is 1.68 bits per heavy atom. The second-order valence-corrected chi connectivity index (χ2v) is 4.86. The molecule has 19 heavy (non-hydrogen) atoms. The molecular weight excluding hydrogens is 308 g/mol. The number of halogens is 1. The predicted octanol–water partition coefficient (Wildman–Crippen LogP) is 3.62. The summed E-state index contributed by atoms with van der Waals surface area (Å²) in [5.41, 5.74) is 1.88. The van der Waals surface area contributed by atoms with Crippen molar-refractivity contribution in [3.63, 3.8) is 0 Å². The summed E-state index contributed by atoms with van der Waals surface area (Å²) in [6.07, 6.45) is 0.733. The minimum atomic E-state index is -0.402. The van der Waals surface area contributed by atoms with E-state index in [0.717, 1.165) is 16.3 Å². The SMILES string of the molecule is O=Cc1ccc(C(=O)OCc2ccc(Br)cc2)cc1. The molecule has 2 aromatic carbocycles. The Morgan fingerprint density at radius 3 is 2.26 bits per heavy atom. The highest BCUT2D eigenvalue weighted by atomic mass is 79.9. The van der Waals surface area contributed by atoms with Gasteiger partial charge in [-0.2, -0.15) is 0 Å². The van der Waals surface area contributed by atoms with Gasteiger partial charge in [0.2, 0.25) is 0 Å². The molecule has 0 radical (unpaired) electrons. The summed E-state index contributed by atoms with van der Waals surface area (Å²) in [4.78, 5) is 22.3. The number of esters is 1. The van der Waals surface area contributed by atoms with Crippen molar-refractivity contribution in [1.82, 2.24) is 0 Å². The minimum Gasteiger partial charge on any atom is -0.457 e. The fraction of sp³-hybridized carbons (Fsp3) is 0.0667. The molecule has 0 aliphatic rings. The number of ether oxygens (including phenoxy) is 1. The fourth-order valence-electron chi connectivity index (χ4n) is 1.51. The maximum atomic E-state index is 11.8. The quantitative estimate of drug-likeness (QED) is 0.638. The van der Waals surface area contributed by atoms with E-state index in [2.05, 4.69) is 15.9 Å². The summed E-state index contributed by atoms with van der Waals surface area (Å²) in [7, 11) is 0. The highest BCUT2D eigenvalue weighted by Crippen LogP contribution is 2.12. The van der Waals surface area contributed by atoms with Crippen LogP contribution in [0.15, 0.2) is 53.0 Å². The molecule has 0 aliphatic heterocycles. The predicted molar refractivity (Wildman–Crippen MR) is 75.1 cm³/mol. The molecule has 2 rings (SSSR count). The summed E-state index contributed by atoms with van der Waals surface area (Å²) in [6, 6.07) is 13.9. The van der Waals surface area contributed by atoms with Gasteiger partial charge in [-0.25, -0.2) is 4.79 Å². The summed E-state index contributed by atoms with van der Waals surface area (Å²) < 4.78 is 6.16. The number of hydrogen-bond donors (Lipinski definition) is 0. The van der Waals surface area contributed by atoms with Crippen LogP contribution in [0.3, 0.4) is 0 Å². The van der Waals surface area contributed by atoms with Gasteiger partial charge in [0, 0.05) is 10.0 Å². The summed E-state index contributed by atoms with van der Waals surface area (Å²) in [5, 5.41) is 0. The van der Waals surface area contributed by atoms with Gasteiger partial charge >= 0.3 is 5.97 Å². The average Bonchev–Trinajstić information content (AvgIpc) is 2.46. The lowest BCUT2D eigenvalue weighted by molar-refractivity contribution is 0.0472. The van der Waals surface area contributed by atoms with Gasteiger partial charge in [-0.15, -0.1) is 0 Å². The Bertz CT molecular complexity index is 573. The van der Waals surface area contributed by atoms with Crippen LogP contribution in [0.4, 0.5) is 0 Å². The van der Waals surface area contributed by atoms with E-state index in [1.165, 1.54) is 0 Å². The number of carbonyl (C=O) groups is 2. The topological polar surface area (TPSA) is 43.4 Å². The van der Waals surface area contributed by atoms with Gasteiger partial charge in [-0.3, -0.25) is 4.79 Å². The van der Waals surface area contributed by atoms with Crippen molar-refractivity contribution in [1.29, 1.82) is 0 Å². The third kappa shape index (κ3) is 3.76. The van der Waals surface area contributed by atoms with Gasteiger partial charge in [0.05, 0.1) is 5.56 Å². The molecule has 3 nitrogen and oxygen atoms in total. The molecule has 2 aromatic rings. The average molecular weight is 319 g/mol. The van der Waals surface area contributed by atoms with Crippen molar-refractivity contribution in [3.8, 4) is 0 Å². The van der Waals surface area contributed by atoms with Crippen molar-refractivity contribution in [2.24, 2.45) is 0 Å². The number of benzene rings is 2. The maximum absolute atomic E-state index is 11.8. The molecule has 0 fully saturated rings. The molecule has 0 N–H and O–H groups in total. The van der Waals surface area contributed by atoms with Gasteiger partial charge in [0.1, 0.15) is 12.9 Å². The lowest BCUT2D eigenvalue weighted by atomic mass is 10.1. The molecule has 0 bridgehead atoms. The lowest BCUT2D eigenvalue weighted by Crippen LogP contribution is -2.05. The zero-order valence-electron chi connectivity index (χ0n) is 10.0. The number of hydrogen-bond acceptors (Lipinski definition) is 3. The summed E-state index contributed by atoms with van der Waals surface area (Å²) in [5.74, 6) is -0.402. The number of carbonyl (C=O) groups excluding carboxylic acids is 2. The molecule has 0 aliphatic carbocycles. The third-order valence-electron chi connectivity index (χ3n) is 2.57. The Kier molecular flexibility index (Phi) is 4.47. The highest BCUT2D eigenvalue weighted by Gasteiger charge is 2.07. The van der Waals surface area contributed by atoms with Crippen molar-refractivity contribution < 1.29 is 14.3 Å². The minimum absolute atomic E-state index is 0.224. The van der Waals surface area contributed by atoms with Crippen LogP contribution in [0.5, 0.6) is 0 Å². The van der Waals surface area contributed by atoms with Crippen LogP contribution >= 0.6 is 15.9 Å². The smallest absolute Gasteiger partial charge is 0.338 e. The van der Waals surface area contributed by atoms with E-state index >= 15 is 0 Å². The van der Waals surface area contributed by atoms with Gasteiger partial charge in [0.25, 0.3) is 0 Å². The van der Waals surface area contributed by atoms with Crippen LogP contribution in [0, 0.1) is 0 Å². The molecular formula is C15H11BrO3. The van der Waals surface area contributed by atoms with Crippen molar-refractivity contribution >= 4 is 28.2 Å². The molecule has 4 heteroatoms. The number of aldehydes is 1. The molecule has 96 valence electrons. The Hall–Kier alpha value is -1.94. The first-order valence-electron chi connectivity index (χ1n) is 5.66. The van der Waals surface area contributed by atoms with Crippen LogP contribution in [-0.2, 0) is 11.3 Å². The molecule has 0 aromatic heterocycles. The molecule has 0 spiro atoms. The summed E-state index contributed by atoms with van der Waals surface area (Å²) >= 11 is 3.34. The van der Waals surface area contributed by atoms with E-state index in [4.69, 9.17) is 4.74 Å².